The molecular formula is C23H20F3N3O4S2. The van der Waals surface area contributed by atoms with Crippen LogP contribution in [-0.4, -0.2) is 41.2 Å². The molecule has 2 heterocycles. The third-order valence-electron chi connectivity index (χ3n) is 5.13. The van der Waals surface area contributed by atoms with Crippen LogP contribution < -0.4 is 20.3 Å². The Labute approximate surface area is 207 Å². The van der Waals surface area contributed by atoms with E-state index in [1.54, 1.807) is 18.2 Å². The monoisotopic (exact) mass is 523 g/mol. The van der Waals surface area contributed by atoms with Crippen molar-refractivity contribution < 1.29 is 27.4 Å². The third-order valence-corrected chi connectivity index (χ3v) is 7.18. The van der Waals surface area contributed by atoms with Crippen molar-refractivity contribution in [2.75, 3.05) is 31.0 Å². The summed E-state index contributed by atoms with van der Waals surface area (Å²) >= 11 is 2.38. The number of ether oxygens (including phenoxy) is 2. The molecule has 1 aliphatic heterocycles. The number of methoxy groups -OCH3 is 2. The number of hydrogen-bond acceptors (Lipinski definition) is 7. The fraction of sp³-hybridized carbons (Fsp3) is 0.261. The van der Waals surface area contributed by atoms with Gasteiger partial charge in [0, 0.05) is 18.2 Å². The highest BCUT2D eigenvalue weighted by molar-refractivity contribution is 8.00. The van der Waals surface area contributed by atoms with Crippen LogP contribution in [0, 0.1) is 0 Å². The fourth-order valence-electron chi connectivity index (χ4n) is 3.54. The summed E-state index contributed by atoms with van der Waals surface area (Å²) < 4.78 is 51.7. The average Bonchev–Trinajstić information content (AvgIpc) is 3.31. The number of benzene rings is 2. The van der Waals surface area contributed by atoms with Crippen LogP contribution in [0.3, 0.4) is 0 Å². The molecular weight excluding hydrogens is 503 g/mol. The number of alkyl halides is 3. The molecule has 1 amide bonds. The van der Waals surface area contributed by atoms with Gasteiger partial charge in [0.05, 0.1) is 47.5 Å². The second-order valence-corrected chi connectivity index (χ2v) is 9.38. The third kappa shape index (κ3) is 5.27. The van der Waals surface area contributed by atoms with Crippen LogP contribution in [0.4, 0.5) is 18.9 Å². The Bertz CT molecular complexity index is 1330. The zero-order chi connectivity index (χ0) is 25.2. The van der Waals surface area contributed by atoms with Gasteiger partial charge in [0.2, 0.25) is 5.91 Å². The number of fused-ring (bicyclic) bond motifs is 1. The first kappa shape index (κ1) is 25.0. The number of rotatable bonds is 7. The zero-order valence-corrected chi connectivity index (χ0v) is 20.3. The second kappa shape index (κ2) is 10.2. The standard InChI is InChI=1S/C23H20F3N3O4S2/c1-32-17-8-7-13(11-18(17)33-2)29-21(31)20-16(9-10-34-20)28-22(29)35-12-19(30)27-15-6-4-3-5-14(15)23(24,25)26/h3-8,11H,9-10,12H2,1-2H3,(H,27,30). The number of thioether (sulfide) groups is 2. The maximum Gasteiger partial charge on any atom is 0.418 e. The lowest BCUT2D eigenvalue weighted by Crippen LogP contribution is -2.25. The van der Waals surface area contributed by atoms with Crippen LogP contribution in [0.2, 0.25) is 0 Å². The summed E-state index contributed by atoms with van der Waals surface area (Å²) in [5.41, 5.74) is -0.452. The van der Waals surface area contributed by atoms with Gasteiger partial charge in [0.1, 0.15) is 0 Å². The first-order valence-corrected chi connectivity index (χ1v) is 12.3. The number of carbonyl (C=O) groups excluding carboxylic acids is 1. The van der Waals surface area contributed by atoms with Gasteiger partial charge in [-0.3, -0.25) is 14.2 Å². The van der Waals surface area contributed by atoms with E-state index in [0.29, 0.717) is 39.9 Å². The van der Waals surface area contributed by atoms with Crippen LogP contribution in [-0.2, 0) is 17.4 Å². The maximum absolute atomic E-state index is 13.3. The predicted molar refractivity (Wildman–Crippen MR) is 128 cm³/mol. The van der Waals surface area contributed by atoms with Crippen molar-refractivity contribution in [3.63, 3.8) is 0 Å². The SMILES string of the molecule is COc1ccc(-n2c(SCC(=O)Nc3ccccc3C(F)(F)F)nc3c(c2=O)SCC3)cc1OC. The summed E-state index contributed by atoms with van der Waals surface area (Å²) in [5.74, 6) is 0.686. The van der Waals surface area contributed by atoms with Gasteiger partial charge in [0.15, 0.2) is 16.7 Å². The van der Waals surface area contributed by atoms with E-state index < -0.39 is 17.6 Å². The molecule has 0 spiro atoms. The van der Waals surface area contributed by atoms with Gasteiger partial charge in [-0.2, -0.15) is 13.2 Å². The van der Waals surface area contributed by atoms with E-state index in [-0.39, 0.29) is 22.2 Å². The van der Waals surface area contributed by atoms with Crippen molar-refractivity contribution in [2.45, 2.75) is 22.6 Å². The molecule has 1 N–H and O–H groups in total. The molecule has 1 aliphatic rings. The van der Waals surface area contributed by atoms with E-state index in [0.717, 1.165) is 17.8 Å². The minimum absolute atomic E-state index is 0.252. The highest BCUT2D eigenvalue weighted by Crippen LogP contribution is 2.35. The van der Waals surface area contributed by atoms with Crippen LogP contribution in [0.25, 0.3) is 5.69 Å². The van der Waals surface area contributed by atoms with E-state index in [1.165, 1.54) is 48.7 Å². The first-order valence-electron chi connectivity index (χ1n) is 10.3. The van der Waals surface area contributed by atoms with Crippen molar-refractivity contribution in [1.29, 1.82) is 0 Å². The Kier molecular flexibility index (Phi) is 7.31. The number of anilines is 1. The first-order chi connectivity index (χ1) is 16.7. The van der Waals surface area contributed by atoms with Crippen LogP contribution in [0.5, 0.6) is 11.5 Å². The van der Waals surface area contributed by atoms with Gasteiger partial charge in [-0.1, -0.05) is 23.9 Å². The van der Waals surface area contributed by atoms with Gasteiger partial charge in [-0.15, -0.1) is 11.8 Å². The Morgan fingerprint density at radius 2 is 1.91 bits per heavy atom. The molecule has 7 nitrogen and oxygen atoms in total. The molecule has 0 radical (unpaired) electrons. The number of halogens is 3. The van der Waals surface area contributed by atoms with Crippen molar-refractivity contribution in [3.05, 3.63) is 64.1 Å². The lowest BCUT2D eigenvalue weighted by atomic mass is 10.1. The summed E-state index contributed by atoms with van der Waals surface area (Å²) in [4.78, 5) is 31.0. The van der Waals surface area contributed by atoms with Crippen LogP contribution in [0.15, 0.2) is 57.3 Å². The van der Waals surface area contributed by atoms with E-state index in [4.69, 9.17) is 9.47 Å². The van der Waals surface area contributed by atoms with Crippen molar-refractivity contribution in [1.82, 2.24) is 9.55 Å². The molecule has 4 rings (SSSR count). The summed E-state index contributed by atoms with van der Waals surface area (Å²) in [6.45, 7) is 0. The lowest BCUT2D eigenvalue weighted by Gasteiger charge is -2.16. The average molecular weight is 524 g/mol. The number of amides is 1. The summed E-state index contributed by atoms with van der Waals surface area (Å²) in [7, 11) is 2.97. The number of hydrogen-bond donors (Lipinski definition) is 1. The quantitative estimate of drug-likeness (QED) is 0.357. The predicted octanol–water partition coefficient (Wildman–Crippen LogP) is 4.65. The molecule has 35 heavy (non-hydrogen) atoms. The summed E-state index contributed by atoms with van der Waals surface area (Å²) in [6, 6.07) is 9.69. The van der Waals surface area contributed by atoms with Gasteiger partial charge in [-0.05, 0) is 24.3 Å². The minimum atomic E-state index is -4.61. The molecule has 184 valence electrons. The molecule has 0 fully saturated rings. The molecule has 1 aromatic heterocycles. The van der Waals surface area contributed by atoms with E-state index in [2.05, 4.69) is 10.3 Å². The van der Waals surface area contributed by atoms with Gasteiger partial charge in [0.25, 0.3) is 5.56 Å². The Morgan fingerprint density at radius 1 is 1.17 bits per heavy atom. The Balaban J connectivity index is 1.64. The number of nitrogens with zero attached hydrogens (tertiary/aromatic N) is 2. The topological polar surface area (TPSA) is 82.5 Å². The molecule has 0 bridgehead atoms. The van der Waals surface area contributed by atoms with Crippen LogP contribution >= 0.6 is 23.5 Å². The highest BCUT2D eigenvalue weighted by Gasteiger charge is 2.33. The summed E-state index contributed by atoms with van der Waals surface area (Å²) in [6.07, 6.45) is -4.00. The number of aromatic nitrogens is 2. The second-order valence-electron chi connectivity index (χ2n) is 7.33. The van der Waals surface area contributed by atoms with Crippen molar-refractivity contribution in [3.8, 4) is 17.2 Å². The molecule has 3 aromatic rings. The molecule has 12 heteroatoms. The molecule has 0 atom stereocenters. The normalized spacial score (nSPS) is 12.8. The molecule has 0 saturated carbocycles. The number of carbonyl (C=O) groups is 1. The number of para-hydroxylation sites is 1. The fourth-order valence-corrected chi connectivity index (χ4v) is 5.39. The Hall–Kier alpha value is -3.12. The molecule has 0 aliphatic carbocycles. The molecule has 0 saturated heterocycles. The zero-order valence-electron chi connectivity index (χ0n) is 18.6. The maximum atomic E-state index is 13.3. The van der Waals surface area contributed by atoms with Crippen LogP contribution in [0.1, 0.15) is 11.3 Å². The smallest absolute Gasteiger partial charge is 0.418 e. The number of nitrogens with one attached hydrogen (secondary N) is 1. The van der Waals surface area contributed by atoms with E-state index in [9.17, 15) is 22.8 Å². The summed E-state index contributed by atoms with van der Waals surface area (Å²) in [5, 5.41) is 2.56. The molecule has 0 unspecified atom stereocenters. The lowest BCUT2D eigenvalue weighted by molar-refractivity contribution is -0.137. The van der Waals surface area contributed by atoms with E-state index >= 15 is 0 Å². The van der Waals surface area contributed by atoms with E-state index in [1.807, 2.05) is 0 Å². The highest BCUT2D eigenvalue weighted by atomic mass is 32.2. The van der Waals surface area contributed by atoms with Crippen molar-refractivity contribution >= 4 is 35.1 Å². The largest absolute Gasteiger partial charge is 0.493 e. The number of aryl methyl sites for hydroxylation is 1. The Morgan fingerprint density at radius 3 is 2.63 bits per heavy atom. The molecule has 2 aromatic carbocycles. The van der Waals surface area contributed by atoms with Gasteiger partial charge in [-0.25, -0.2) is 4.98 Å². The minimum Gasteiger partial charge on any atom is -0.493 e. The van der Waals surface area contributed by atoms with Gasteiger partial charge >= 0.3 is 6.18 Å². The van der Waals surface area contributed by atoms with Crippen molar-refractivity contribution in [2.24, 2.45) is 0 Å². The van der Waals surface area contributed by atoms with Gasteiger partial charge < -0.3 is 14.8 Å².